The van der Waals surface area contributed by atoms with Gasteiger partial charge in [-0.05, 0) is 25.1 Å². The van der Waals surface area contributed by atoms with E-state index in [2.05, 4.69) is 10.1 Å². The van der Waals surface area contributed by atoms with E-state index in [4.69, 9.17) is 20.9 Å². The van der Waals surface area contributed by atoms with E-state index in [1.807, 2.05) is 30.3 Å². The van der Waals surface area contributed by atoms with Gasteiger partial charge >= 0.3 is 0 Å². The third kappa shape index (κ3) is 4.40. The van der Waals surface area contributed by atoms with Crippen LogP contribution >= 0.6 is 11.6 Å². The van der Waals surface area contributed by atoms with E-state index in [0.29, 0.717) is 22.5 Å². The maximum Gasteiger partial charge on any atom is 0.263 e. The molecule has 0 aliphatic heterocycles. The van der Waals surface area contributed by atoms with Crippen molar-refractivity contribution >= 4 is 17.5 Å². The van der Waals surface area contributed by atoms with Gasteiger partial charge in [0.1, 0.15) is 5.75 Å². The highest BCUT2D eigenvalue weighted by Gasteiger charge is 2.21. The topological polar surface area (TPSA) is 68.5 Å². The average molecular weight is 372 g/mol. The van der Waals surface area contributed by atoms with E-state index in [-0.39, 0.29) is 12.5 Å². The highest BCUT2D eigenvalue weighted by molar-refractivity contribution is 6.30. The Morgan fingerprint density at radius 2 is 2.00 bits per heavy atom. The molecule has 1 amide bonds. The molecule has 1 atom stereocenters. The van der Waals surface area contributed by atoms with Crippen molar-refractivity contribution < 1.29 is 14.1 Å². The van der Waals surface area contributed by atoms with Crippen LogP contribution in [0.3, 0.4) is 0 Å². The van der Waals surface area contributed by atoms with Gasteiger partial charge in [-0.1, -0.05) is 53.2 Å². The SMILES string of the molecule is C[C@@H](Oc1cccc(Cl)c1)C(=O)N(C)Cc1nc(-c2ccccc2)no1. The molecule has 2 aromatic carbocycles. The number of ether oxygens (including phenoxy) is 1. The average Bonchev–Trinajstić information content (AvgIpc) is 3.10. The molecule has 3 aromatic rings. The first-order valence-corrected chi connectivity index (χ1v) is 8.46. The minimum Gasteiger partial charge on any atom is -0.481 e. The number of nitrogens with zero attached hydrogens (tertiary/aromatic N) is 3. The largest absolute Gasteiger partial charge is 0.481 e. The summed E-state index contributed by atoms with van der Waals surface area (Å²) in [6.07, 6.45) is -0.671. The van der Waals surface area contributed by atoms with Gasteiger partial charge in [0, 0.05) is 17.6 Å². The third-order valence-electron chi connectivity index (χ3n) is 3.71. The third-order valence-corrected chi connectivity index (χ3v) is 3.94. The van der Waals surface area contributed by atoms with Gasteiger partial charge in [0.05, 0.1) is 6.54 Å². The van der Waals surface area contributed by atoms with Crippen LogP contribution in [0, 0.1) is 0 Å². The molecule has 0 unspecified atom stereocenters. The lowest BCUT2D eigenvalue weighted by Crippen LogP contribution is -2.37. The van der Waals surface area contributed by atoms with E-state index >= 15 is 0 Å². The fourth-order valence-electron chi connectivity index (χ4n) is 2.41. The van der Waals surface area contributed by atoms with Crippen molar-refractivity contribution in [2.24, 2.45) is 0 Å². The first-order valence-electron chi connectivity index (χ1n) is 8.08. The van der Waals surface area contributed by atoms with Crippen LogP contribution < -0.4 is 4.74 Å². The molecular weight excluding hydrogens is 354 g/mol. The van der Waals surface area contributed by atoms with Gasteiger partial charge in [-0.15, -0.1) is 0 Å². The first-order chi connectivity index (χ1) is 12.5. The van der Waals surface area contributed by atoms with Crippen LogP contribution in [0.1, 0.15) is 12.8 Å². The summed E-state index contributed by atoms with van der Waals surface area (Å²) in [5, 5.41) is 4.50. The predicted octanol–water partition coefficient (Wildman–Crippen LogP) is 3.82. The molecule has 3 rings (SSSR count). The minimum atomic E-state index is -0.671. The summed E-state index contributed by atoms with van der Waals surface area (Å²) < 4.78 is 10.9. The van der Waals surface area contributed by atoms with Crippen LogP contribution in [0.15, 0.2) is 59.1 Å². The maximum atomic E-state index is 12.5. The Balaban J connectivity index is 1.61. The molecule has 0 radical (unpaired) electrons. The Morgan fingerprint density at radius 3 is 2.73 bits per heavy atom. The van der Waals surface area contributed by atoms with Crippen molar-refractivity contribution in [2.75, 3.05) is 7.05 Å². The molecule has 134 valence electrons. The molecule has 1 heterocycles. The van der Waals surface area contributed by atoms with Gasteiger partial charge in [0.2, 0.25) is 11.7 Å². The Bertz CT molecular complexity index is 883. The van der Waals surface area contributed by atoms with E-state index < -0.39 is 6.10 Å². The van der Waals surface area contributed by atoms with Crippen LogP contribution in [0.5, 0.6) is 5.75 Å². The fraction of sp³-hybridized carbons (Fsp3) is 0.211. The molecule has 1 aromatic heterocycles. The molecule has 26 heavy (non-hydrogen) atoms. The molecular formula is C19H18ClN3O3. The predicted molar refractivity (Wildman–Crippen MR) is 97.8 cm³/mol. The monoisotopic (exact) mass is 371 g/mol. The lowest BCUT2D eigenvalue weighted by Gasteiger charge is -2.20. The highest BCUT2D eigenvalue weighted by Crippen LogP contribution is 2.19. The number of likely N-dealkylation sites (N-methyl/N-ethyl adjacent to an activating group) is 1. The number of carbonyl (C=O) groups is 1. The highest BCUT2D eigenvalue weighted by atomic mass is 35.5. The molecule has 6 nitrogen and oxygen atoms in total. The Labute approximate surface area is 156 Å². The molecule has 0 saturated carbocycles. The number of halogens is 1. The van der Waals surface area contributed by atoms with Gasteiger partial charge in [0.25, 0.3) is 5.91 Å². The van der Waals surface area contributed by atoms with Crippen molar-refractivity contribution in [3.63, 3.8) is 0 Å². The van der Waals surface area contributed by atoms with Crippen LogP contribution in [0.4, 0.5) is 0 Å². The number of hydrogen-bond donors (Lipinski definition) is 0. The summed E-state index contributed by atoms with van der Waals surface area (Å²) in [6.45, 7) is 1.88. The zero-order valence-electron chi connectivity index (χ0n) is 14.4. The van der Waals surface area contributed by atoms with Crippen molar-refractivity contribution in [3.05, 3.63) is 65.5 Å². The molecule has 0 saturated heterocycles. The minimum absolute atomic E-state index is 0.196. The lowest BCUT2D eigenvalue weighted by atomic mass is 10.2. The quantitative estimate of drug-likeness (QED) is 0.659. The smallest absolute Gasteiger partial charge is 0.263 e. The number of rotatable bonds is 6. The number of carbonyl (C=O) groups excluding carboxylic acids is 1. The summed E-state index contributed by atoms with van der Waals surface area (Å²) in [4.78, 5) is 18.3. The number of hydrogen-bond acceptors (Lipinski definition) is 5. The second-order valence-electron chi connectivity index (χ2n) is 5.79. The Morgan fingerprint density at radius 1 is 1.23 bits per heavy atom. The summed E-state index contributed by atoms with van der Waals surface area (Å²) >= 11 is 5.93. The standard InChI is InChI=1S/C19H18ClN3O3/c1-13(25-16-10-6-9-15(20)11-16)19(24)23(2)12-17-21-18(22-26-17)14-7-4-3-5-8-14/h3-11,13H,12H2,1-2H3/t13-/m1/s1. The van der Waals surface area contributed by atoms with Crippen LogP contribution in [0.2, 0.25) is 5.02 Å². The second-order valence-corrected chi connectivity index (χ2v) is 6.23. The second kappa shape index (κ2) is 8.01. The maximum absolute atomic E-state index is 12.5. The van der Waals surface area contributed by atoms with Crippen molar-refractivity contribution in [1.82, 2.24) is 15.0 Å². The van der Waals surface area contributed by atoms with Crippen molar-refractivity contribution in [2.45, 2.75) is 19.6 Å². The summed E-state index contributed by atoms with van der Waals surface area (Å²) in [5.74, 6) is 1.18. The summed E-state index contributed by atoms with van der Waals surface area (Å²) in [7, 11) is 1.66. The van der Waals surface area contributed by atoms with Gasteiger partial charge in [-0.3, -0.25) is 4.79 Å². The van der Waals surface area contributed by atoms with Crippen LogP contribution in [0.25, 0.3) is 11.4 Å². The molecule has 0 aliphatic carbocycles. The van der Waals surface area contributed by atoms with Crippen molar-refractivity contribution in [3.8, 4) is 17.1 Å². The zero-order chi connectivity index (χ0) is 18.5. The van der Waals surface area contributed by atoms with Crippen LogP contribution in [-0.2, 0) is 11.3 Å². The molecule has 0 aliphatic rings. The molecule has 0 N–H and O–H groups in total. The van der Waals surface area contributed by atoms with Gasteiger partial charge in [0.15, 0.2) is 6.10 Å². The van der Waals surface area contributed by atoms with Gasteiger partial charge in [-0.2, -0.15) is 4.98 Å². The normalized spacial score (nSPS) is 11.8. The Hall–Kier alpha value is -2.86. The summed E-state index contributed by atoms with van der Waals surface area (Å²) in [5.41, 5.74) is 0.856. The fourth-order valence-corrected chi connectivity index (χ4v) is 2.59. The zero-order valence-corrected chi connectivity index (χ0v) is 15.2. The summed E-state index contributed by atoms with van der Waals surface area (Å²) in [6, 6.07) is 16.4. The van der Waals surface area contributed by atoms with E-state index in [9.17, 15) is 4.79 Å². The van der Waals surface area contributed by atoms with Gasteiger partial charge in [-0.25, -0.2) is 0 Å². The number of aromatic nitrogens is 2. The Kier molecular flexibility index (Phi) is 5.53. The number of benzene rings is 2. The van der Waals surface area contributed by atoms with Gasteiger partial charge < -0.3 is 14.2 Å². The molecule has 0 bridgehead atoms. The van der Waals surface area contributed by atoms with E-state index in [1.54, 1.807) is 38.2 Å². The van der Waals surface area contributed by atoms with E-state index in [1.165, 1.54) is 4.90 Å². The molecule has 7 heteroatoms. The lowest BCUT2D eigenvalue weighted by molar-refractivity contribution is -0.137. The van der Waals surface area contributed by atoms with Crippen molar-refractivity contribution in [1.29, 1.82) is 0 Å². The number of amides is 1. The first kappa shape index (κ1) is 17.9. The van der Waals surface area contributed by atoms with Crippen LogP contribution in [-0.4, -0.2) is 34.1 Å². The van der Waals surface area contributed by atoms with E-state index in [0.717, 1.165) is 5.56 Å². The molecule has 0 fully saturated rings. The molecule has 0 spiro atoms.